The quantitative estimate of drug-likeness (QED) is 0.801. The molecule has 5 heteroatoms. The Hall–Kier alpha value is -0.940. The molecule has 0 bridgehead atoms. The summed E-state index contributed by atoms with van der Waals surface area (Å²) in [6.07, 6.45) is 8.97. The van der Waals surface area contributed by atoms with E-state index in [1.54, 1.807) is 0 Å². The highest BCUT2D eigenvalue weighted by atomic mass is 15.5. The smallest absolute Gasteiger partial charge is 0.0946 e. The van der Waals surface area contributed by atoms with Crippen LogP contribution in [0.2, 0.25) is 0 Å². The lowest BCUT2D eigenvalue weighted by atomic mass is 9.92. The van der Waals surface area contributed by atoms with Crippen molar-refractivity contribution in [1.29, 1.82) is 0 Å². The summed E-state index contributed by atoms with van der Waals surface area (Å²) in [7, 11) is 0. The molecule has 2 aliphatic rings. The van der Waals surface area contributed by atoms with E-state index in [1.807, 2.05) is 4.68 Å². The molecule has 1 aromatic heterocycles. The van der Waals surface area contributed by atoms with Gasteiger partial charge in [0, 0.05) is 19.6 Å². The van der Waals surface area contributed by atoms with Gasteiger partial charge < -0.3 is 4.90 Å². The number of nitrogens with zero attached hydrogens (tertiary/aromatic N) is 5. The fourth-order valence-electron chi connectivity index (χ4n) is 4.10. The molecule has 0 amide bonds. The normalized spacial score (nSPS) is 22.5. The van der Waals surface area contributed by atoms with Crippen LogP contribution in [-0.2, 0) is 6.67 Å². The molecule has 0 aliphatic carbocycles. The van der Waals surface area contributed by atoms with Crippen LogP contribution in [0.3, 0.4) is 0 Å². The van der Waals surface area contributed by atoms with Gasteiger partial charge in [-0.05, 0) is 56.5 Å². The van der Waals surface area contributed by atoms with Crippen molar-refractivity contribution in [2.45, 2.75) is 65.5 Å². The third-order valence-corrected chi connectivity index (χ3v) is 6.00. The highest BCUT2D eigenvalue weighted by Gasteiger charge is 2.24. The molecule has 0 aromatic carbocycles. The Bertz CT molecular complexity index is 482. The Morgan fingerprint density at radius 2 is 1.62 bits per heavy atom. The van der Waals surface area contributed by atoms with Gasteiger partial charge in [0.05, 0.1) is 18.6 Å². The average Bonchev–Trinajstić information content (AvgIpc) is 3.06. The first kappa shape index (κ1) is 17.9. The van der Waals surface area contributed by atoms with E-state index in [0.717, 1.165) is 24.2 Å². The summed E-state index contributed by atoms with van der Waals surface area (Å²) in [4.78, 5) is 5.25. The van der Waals surface area contributed by atoms with Crippen LogP contribution in [0.1, 0.15) is 64.5 Å². The standard InChI is InChI=1S/C19H35N5/c1-4-17-5-9-22(10-6-17)13-18-7-11-23(12-8-18)15-24-14-19(16(2)3)20-21-24/h14,16-18H,4-13,15H2,1-3H3. The van der Waals surface area contributed by atoms with Crippen molar-refractivity contribution in [3.05, 3.63) is 11.9 Å². The SMILES string of the molecule is CCC1CCN(CC2CCN(Cn3cc(C(C)C)nn3)CC2)CC1. The lowest BCUT2D eigenvalue weighted by Crippen LogP contribution is -2.41. The van der Waals surface area contributed by atoms with E-state index in [2.05, 4.69) is 47.1 Å². The van der Waals surface area contributed by atoms with Gasteiger partial charge in [-0.15, -0.1) is 5.10 Å². The highest BCUT2D eigenvalue weighted by Crippen LogP contribution is 2.24. The monoisotopic (exact) mass is 333 g/mol. The Morgan fingerprint density at radius 3 is 2.21 bits per heavy atom. The first-order valence-electron chi connectivity index (χ1n) is 9.98. The van der Waals surface area contributed by atoms with Crippen molar-refractivity contribution in [1.82, 2.24) is 24.8 Å². The first-order chi connectivity index (χ1) is 11.6. The summed E-state index contributed by atoms with van der Waals surface area (Å²) < 4.78 is 2.01. The molecule has 136 valence electrons. The minimum atomic E-state index is 0.460. The molecule has 24 heavy (non-hydrogen) atoms. The molecular formula is C19H35N5. The molecule has 0 atom stereocenters. The molecule has 2 aliphatic heterocycles. The first-order valence-corrected chi connectivity index (χ1v) is 9.98. The molecule has 3 rings (SSSR count). The third-order valence-electron chi connectivity index (χ3n) is 6.00. The Balaban J connectivity index is 1.38. The molecule has 5 nitrogen and oxygen atoms in total. The summed E-state index contributed by atoms with van der Waals surface area (Å²) in [5.74, 6) is 2.34. The topological polar surface area (TPSA) is 37.2 Å². The van der Waals surface area contributed by atoms with Crippen LogP contribution in [0.4, 0.5) is 0 Å². The van der Waals surface area contributed by atoms with Crippen LogP contribution in [0.25, 0.3) is 0 Å². The van der Waals surface area contributed by atoms with Gasteiger partial charge in [-0.25, -0.2) is 4.68 Å². The molecule has 2 fully saturated rings. The maximum absolute atomic E-state index is 4.28. The minimum Gasteiger partial charge on any atom is -0.303 e. The second-order valence-electron chi connectivity index (χ2n) is 8.19. The van der Waals surface area contributed by atoms with Crippen LogP contribution < -0.4 is 0 Å². The number of likely N-dealkylation sites (tertiary alicyclic amines) is 2. The van der Waals surface area contributed by atoms with E-state index in [4.69, 9.17) is 0 Å². The summed E-state index contributed by atoms with van der Waals surface area (Å²) in [5.41, 5.74) is 1.10. The molecule has 0 saturated carbocycles. The van der Waals surface area contributed by atoms with Crippen molar-refractivity contribution < 1.29 is 0 Å². The van der Waals surface area contributed by atoms with Crippen molar-refractivity contribution in [3.63, 3.8) is 0 Å². The number of hydrogen-bond donors (Lipinski definition) is 0. The second kappa shape index (κ2) is 8.43. The maximum Gasteiger partial charge on any atom is 0.0946 e. The molecular weight excluding hydrogens is 298 g/mol. The number of hydrogen-bond acceptors (Lipinski definition) is 4. The van der Waals surface area contributed by atoms with Gasteiger partial charge in [-0.1, -0.05) is 32.4 Å². The molecule has 2 saturated heterocycles. The van der Waals surface area contributed by atoms with Gasteiger partial charge in [-0.2, -0.15) is 0 Å². The van der Waals surface area contributed by atoms with Crippen molar-refractivity contribution in [3.8, 4) is 0 Å². The summed E-state index contributed by atoms with van der Waals surface area (Å²) >= 11 is 0. The lowest BCUT2D eigenvalue weighted by molar-refractivity contribution is 0.0996. The lowest BCUT2D eigenvalue weighted by Gasteiger charge is -2.37. The number of rotatable bonds is 6. The van der Waals surface area contributed by atoms with Crippen molar-refractivity contribution >= 4 is 0 Å². The Labute approximate surface area is 147 Å². The van der Waals surface area contributed by atoms with Crippen LogP contribution in [0.15, 0.2) is 6.20 Å². The fraction of sp³-hybridized carbons (Fsp3) is 0.895. The number of aromatic nitrogens is 3. The summed E-state index contributed by atoms with van der Waals surface area (Å²) in [6.45, 7) is 14.0. The van der Waals surface area contributed by atoms with Crippen LogP contribution in [0.5, 0.6) is 0 Å². The Kier molecular flexibility index (Phi) is 6.28. The van der Waals surface area contributed by atoms with Gasteiger partial charge in [0.15, 0.2) is 0 Å². The molecule has 0 unspecified atom stereocenters. The second-order valence-corrected chi connectivity index (χ2v) is 8.19. The average molecular weight is 334 g/mol. The van der Waals surface area contributed by atoms with E-state index in [-0.39, 0.29) is 0 Å². The van der Waals surface area contributed by atoms with Crippen LogP contribution in [0, 0.1) is 11.8 Å². The van der Waals surface area contributed by atoms with Gasteiger partial charge in [0.25, 0.3) is 0 Å². The van der Waals surface area contributed by atoms with Crippen LogP contribution in [-0.4, -0.2) is 57.5 Å². The number of piperidine rings is 2. The zero-order valence-corrected chi connectivity index (χ0v) is 15.8. The molecule has 0 radical (unpaired) electrons. The van der Waals surface area contributed by atoms with E-state index < -0.39 is 0 Å². The van der Waals surface area contributed by atoms with Crippen molar-refractivity contribution in [2.24, 2.45) is 11.8 Å². The predicted molar refractivity (Wildman–Crippen MR) is 97.9 cm³/mol. The Morgan fingerprint density at radius 1 is 1.00 bits per heavy atom. The van der Waals surface area contributed by atoms with E-state index in [9.17, 15) is 0 Å². The largest absolute Gasteiger partial charge is 0.303 e. The maximum atomic E-state index is 4.28. The van der Waals surface area contributed by atoms with E-state index in [0.29, 0.717) is 5.92 Å². The third kappa shape index (κ3) is 4.79. The van der Waals surface area contributed by atoms with E-state index in [1.165, 1.54) is 64.8 Å². The molecule has 0 spiro atoms. The summed E-state index contributed by atoms with van der Waals surface area (Å²) in [6, 6.07) is 0. The molecule has 1 aromatic rings. The fourth-order valence-corrected chi connectivity index (χ4v) is 4.10. The summed E-state index contributed by atoms with van der Waals surface area (Å²) in [5, 5.41) is 8.54. The minimum absolute atomic E-state index is 0.460. The predicted octanol–water partition coefficient (Wildman–Crippen LogP) is 3.19. The highest BCUT2D eigenvalue weighted by molar-refractivity contribution is 4.98. The van der Waals surface area contributed by atoms with E-state index >= 15 is 0 Å². The van der Waals surface area contributed by atoms with Gasteiger partial charge in [-0.3, -0.25) is 4.90 Å². The zero-order valence-electron chi connectivity index (χ0n) is 15.8. The van der Waals surface area contributed by atoms with Gasteiger partial charge >= 0.3 is 0 Å². The zero-order chi connectivity index (χ0) is 16.9. The van der Waals surface area contributed by atoms with Crippen molar-refractivity contribution in [2.75, 3.05) is 32.7 Å². The molecule has 3 heterocycles. The van der Waals surface area contributed by atoms with Gasteiger partial charge in [0.2, 0.25) is 0 Å². The van der Waals surface area contributed by atoms with Crippen LogP contribution >= 0.6 is 0 Å². The molecule has 0 N–H and O–H groups in total. The van der Waals surface area contributed by atoms with Gasteiger partial charge in [0.1, 0.15) is 0 Å².